The number of amides is 2. The van der Waals surface area contributed by atoms with Gasteiger partial charge in [0.1, 0.15) is 12.5 Å². The van der Waals surface area contributed by atoms with Gasteiger partial charge in [-0.15, -0.1) is 0 Å². The molecular formula is C19H17N7O5. The first-order valence-electron chi connectivity index (χ1n) is 9.40. The fourth-order valence-electron chi connectivity index (χ4n) is 3.28. The molecule has 0 radical (unpaired) electrons. The number of morpholine rings is 1. The van der Waals surface area contributed by atoms with E-state index in [0.29, 0.717) is 49.0 Å². The molecule has 0 bridgehead atoms. The molecule has 31 heavy (non-hydrogen) atoms. The molecule has 12 nitrogen and oxygen atoms in total. The maximum absolute atomic E-state index is 12.5. The molecule has 1 aliphatic rings. The molecule has 0 spiro atoms. The summed E-state index contributed by atoms with van der Waals surface area (Å²) in [7, 11) is 0. The quantitative estimate of drug-likeness (QED) is 0.483. The molecule has 0 saturated carbocycles. The third kappa shape index (κ3) is 3.48. The Labute approximate surface area is 174 Å². The molecule has 5 heterocycles. The number of hydrogen-bond donors (Lipinski definition) is 2. The first kappa shape index (κ1) is 18.8. The summed E-state index contributed by atoms with van der Waals surface area (Å²) in [4.78, 5) is 38.4. The van der Waals surface area contributed by atoms with Crippen LogP contribution in [0.5, 0.6) is 0 Å². The van der Waals surface area contributed by atoms with Crippen LogP contribution in [0.4, 0.5) is 11.8 Å². The second-order valence-corrected chi connectivity index (χ2v) is 6.74. The van der Waals surface area contributed by atoms with E-state index in [1.807, 2.05) is 0 Å². The minimum absolute atomic E-state index is 0.0442. The van der Waals surface area contributed by atoms with Crippen LogP contribution in [0.3, 0.4) is 0 Å². The first-order chi connectivity index (χ1) is 15.1. The molecule has 158 valence electrons. The van der Waals surface area contributed by atoms with Crippen molar-refractivity contribution in [2.45, 2.75) is 0 Å². The number of carbonyl (C=O) groups excluding carboxylic acids is 2. The highest BCUT2D eigenvalue weighted by atomic mass is 16.5. The predicted octanol–water partition coefficient (Wildman–Crippen LogP) is 1.29. The molecule has 0 aliphatic carbocycles. The van der Waals surface area contributed by atoms with Crippen LogP contribution < -0.4 is 11.1 Å². The second-order valence-electron chi connectivity index (χ2n) is 6.74. The Morgan fingerprint density at radius 2 is 1.97 bits per heavy atom. The number of rotatable bonds is 5. The van der Waals surface area contributed by atoms with Crippen molar-refractivity contribution in [3.8, 4) is 11.3 Å². The van der Waals surface area contributed by atoms with Gasteiger partial charge in [-0.25, -0.2) is 9.97 Å². The SMILES string of the molecule is NC(=O)c1cc(-c2cnc(Nc3nc(C(=O)N4CCOCC4)co3)c3nccn23)co1. The second kappa shape index (κ2) is 7.57. The normalized spacial score (nSPS) is 14.1. The molecule has 2 amide bonds. The number of anilines is 2. The number of ether oxygens (including phenoxy) is 1. The summed E-state index contributed by atoms with van der Waals surface area (Å²) in [6.07, 6.45) is 7.63. The third-order valence-electron chi connectivity index (χ3n) is 4.81. The van der Waals surface area contributed by atoms with Crippen LogP contribution in [-0.2, 0) is 4.74 Å². The van der Waals surface area contributed by atoms with Crippen LogP contribution in [0.1, 0.15) is 21.0 Å². The number of primary amides is 1. The van der Waals surface area contributed by atoms with Crippen molar-refractivity contribution in [2.24, 2.45) is 5.73 Å². The van der Waals surface area contributed by atoms with Crippen molar-refractivity contribution < 1.29 is 23.2 Å². The monoisotopic (exact) mass is 423 g/mol. The maximum atomic E-state index is 12.5. The Morgan fingerprint density at radius 1 is 1.13 bits per heavy atom. The van der Waals surface area contributed by atoms with Crippen LogP contribution in [-0.4, -0.2) is 62.4 Å². The molecule has 4 aromatic heterocycles. The number of nitrogens with zero attached hydrogens (tertiary/aromatic N) is 5. The number of oxazole rings is 1. The Kier molecular flexibility index (Phi) is 4.59. The minimum atomic E-state index is -0.661. The van der Waals surface area contributed by atoms with Crippen LogP contribution >= 0.6 is 0 Å². The van der Waals surface area contributed by atoms with Crippen molar-refractivity contribution in [2.75, 3.05) is 31.6 Å². The molecule has 12 heteroatoms. The number of nitrogens with one attached hydrogen (secondary N) is 1. The molecule has 1 saturated heterocycles. The lowest BCUT2D eigenvalue weighted by Gasteiger charge is -2.25. The first-order valence-corrected chi connectivity index (χ1v) is 9.40. The minimum Gasteiger partial charge on any atom is -0.458 e. The van der Waals surface area contributed by atoms with E-state index in [2.05, 4.69) is 20.3 Å². The topological polar surface area (TPSA) is 154 Å². The number of fused-ring (bicyclic) bond motifs is 1. The average molecular weight is 423 g/mol. The Balaban J connectivity index is 1.40. The van der Waals surface area contributed by atoms with E-state index in [1.54, 1.807) is 27.9 Å². The molecule has 1 fully saturated rings. The average Bonchev–Trinajstić information content (AvgIpc) is 3.54. The van der Waals surface area contributed by atoms with Crippen molar-refractivity contribution in [3.63, 3.8) is 0 Å². The van der Waals surface area contributed by atoms with Gasteiger partial charge in [-0.05, 0) is 6.07 Å². The van der Waals surface area contributed by atoms with Crippen LogP contribution in [0.2, 0.25) is 0 Å². The summed E-state index contributed by atoms with van der Waals surface area (Å²) in [6.45, 7) is 2.02. The zero-order chi connectivity index (χ0) is 21.4. The molecule has 4 aromatic rings. The Morgan fingerprint density at radius 3 is 2.74 bits per heavy atom. The van der Waals surface area contributed by atoms with Gasteiger partial charge in [-0.1, -0.05) is 0 Å². The van der Waals surface area contributed by atoms with Crippen LogP contribution in [0, 0.1) is 0 Å². The standard InChI is InChI=1S/C19H17N7O5/c20-15(27)14-7-11(9-30-14)13-8-22-16(17-21-1-2-26(13)17)24-19-23-12(10-31-19)18(28)25-3-5-29-6-4-25/h1-2,7-10H,3-6H2,(H2,20,27)(H,22,23,24). The summed E-state index contributed by atoms with van der Waals surface area (Å²) in [5.74, 6) is -0.465. The van der Waals surface area contributed by atoms with E-state index in [0.717, 1.165) is 0 Å². The summed E-state index contributed by atoms with van der Waals surface area (Å²) >= 11 is 0. The van der Waals surface area contributed by atoms with E-state index in [-0.39, 0.29) is 23.4 Å². The Hall–Kier alpha value is -4.19. The lowest BCUT2D eigenvalue weighted by atomic mass is 10.2. The smallest absolute Gasteiger partial charge is 0.301 e. The number of aromatic nitrogens is 4. The van der Waals surface area contributed by atoms with Crippen molar-refractivity contribution in [1.82, 2.24) is 24.3 Å². The van der Waals surface area contributed by atoms with E-state index < -0.39 is 5.91 Å². The third-order valence-corrected chi connectivity index (χ3v) is 4.81. The van der Waals surface area contributed by atoms with Gasteiger partial charge in [-0.2, -0.15) is 4.98 Å². The van der Waals surface area contributed by atoms with Gasteiger partial charge in [0.2, 0.25) is 0 Å². The molecule has 1 aliphatic heterocycles. The number of carbonyl (C=O) groups is 2. The van der Waals surface area contributed by atoms with Gasteiger partial charge in [0.15, 0.2) is 22.9 Å². The highest BCUT2D eigenvalue weighted by Crippen LogP contribution is 2.26. The summed E-state index contributed by atoms with van der Waals surface area (Å²) < 4.78 is 17.6. The lowest BCUT2D eigenvalue weighted by molar-refractivity contribution is 0.0299. The maximum Gasteiger partial charge on any atom is 0.301 e. The molecule has 0 atom stereocenters. The number of furan rings is 1. The Bertz CT molecular complexity index is 1270. The lowest BCUT2D eigenvalue weighted by Crippen LogP contribution is -2.40. The van der Waals surface area contributed by atoms with Gasteiger partial charge in [0, 0.05) is 31.0 Å². The summed E-state index contributed by atoms with van der Waals surface area (Å²) in [5.41, 5.74) is 7.19. The van der Waals surface area contributed by atoms with Crippen molar-refractivity contribution in [1.29, 1.82) is 0 Å². The van der Waals surface area contributed by atoms with Crippen LogP contribution in [0.25, 0.3) is 16.9 Å². The largest absolute Gasteiger partial charge is 0.458 e. The molecule has 0 aromatic carbocycles. The van der Waals surface area contributed by atoms with Gasteiger partial charge in [0.25, 0.3) is 11.8 Å². The van der Waals surface area contributed by atoms with Crippen LogP contribution in [0.15, 0.2) is 46.0 Å². The molecule has 3 N–H and O–H groups in total. The summed E-state index contributed by atoms with van der Waals surface area (Å²) in [5, 5.41) is 2.95. The van der Waals surface area contributed by atoms with E-state index in [1.165, 1.54) is 18.6 Å². The zero-order valence-corrected chi connectivity index (χ0v) is 16.1. The van der Waals surface area contributed by atoms with E-state index in [4.69, 9.17) is 19.3 Å². The van der Waals surface area contributed by atoms with Crippen molar-refractivity contribution >= 4 is 29.3 Å². The molecule has 0 unspecified atom stereocenters. The fourth-order valence-corrected chi connectivity index (χ4v) is 3.28. The predicted molar refractivity (Wildman–Crippen MR) is 106 cm³/mol. The number of hydrogen-bond acceptors (Lipinski definition) is 9. The van der Waals surface area contributed by atoms with Crippen molar-refractivity contribution in [3.05, 3.63) is 48.6 Å². The van der Waals surface area contributed by atoms with Gasteiger partial charge in [0.05, 0.1) is 25.1 Å². The number of imidazole rings is 1. The fraction of sp³-hybridized carbons (Fsp3) is 0.211. The molecule has 5 rings (SSSR count). The van der Waals surface area contributed by atoms with E-state index in [9.17, 15) is 9.59 Å². The highest BCUT2D eigenvalue weighted by Gasteiger charge is 2.22. The summed E-state index contributed by atoms with van der Waals surface area (Å²) in [6, 6.07) is 1.64. The molecular weight excluding hydrogens is 406 g/mol. The van der Waals surface area contributed by atoms with Gasteiger partial charge < -0.3 is 24.2 Å². The van der Waals surface area contributed by atoms with E-state index >= 15 is 0 Å². The highest BCUT2D eigenvalue weighted by molar-refractivity contribution is 5.92. The number of nitrogens with two attached hydrogens (primary N) is 1. The van der Waals surface area contributed by atoms with Gasteiger partial charge >= 0.3 is 6.01 Å². The van der Waals surface area contributed by atoms with Gasteiger partial charge in [-0.3, -0.25) is 19.3 Å². The zero-order valence-electron chi connectivity index (χ0n) is 16.1.